The van der Waals surface area contributed by atoms with Crippen LogP contribution in [0, 0.1) is 0 Å². The maximum Gasteiger partial charge on any atom is 0.322 e. The highest BCUT2D eigenvalue weighted by Gasteiger charge is 2.36. The summed E-state index contributed by atoms with van der Waals surface area (Å²) in [6, 6.07) is 4.17. The van der Waals surface area contributed by atoms with Gasteiger partial charge in [0, 0.05) is 31.3 Å². The van der Waals surface area contributed by atoms with Crippen LogP contribution in [0.3, 0.4) is 0 Å². The number of benzene rings is 1. The van der Waals surface area contributed by atoms with Gasteiger partial charge in [-0.2, -0.15) is 0 Å². The van der Waals surface area contributed by atoms with Crippen LogP contribution in [-0.2, 0) is 6.54 Å². The van der Waals surface area contributed by atoms with Crippen molar-refractivity contribution >= 4 is 17.6 Å². The third-order valence-electron chi connectivity index (χ3n) is 5.81. The summed E-state index contributed by atoms with van der Waals surface area (Å²) in [6.07, 6.45) is 2.60. The molecule has 1 aromatic carbocycles. The number of amides is 3. The molecule has 0 radical (unpaired) electrons. The van der Waals surface area contributed by atoms with Gasteiger partial charge in [-0.3, -0.25) is 4.79 Å². The number of methoxy groups -OCH3 is 2. The molecule has 1 aromatic heterocycles. The molecule has 0 spiro atoms. The van der Waals surface area contributed by atoms with E-state index in [1.807, 2.05) is 0 Å². The van der Waals surface area contributed by atoms with Crippen LogP contribution in [0.5, 0.6) is 11.5 Å². The lowest BCUT2D eigenvalue weighted by atomic mass is 10.2. The lowest BCUT2D eigenvalue weighted by molar-refractivity contribution is 0.0787. The van der Waals surface area contributed by atoms with Gasteiger partial charge in [0.2, 0.25) is 0 Å². The van der Waals surface area contributed by atoms with E-state index in [0.29, 0.717) is 17.2 Å². The summed E-state index contributed by atoms with van der Waals surface area (Å²) in [5.41, 5.74) is 0.774. The van der Waals surface area contributed by atoms with E-state index in [-0.39, 0.29) is 31.1 Å². The second kappa shape index (κ2) is 9.41. The van der Waals surface area contributed by atoms with Crippen LogP contribution < -0.4 is 14.8 Å². The number of likely N-dealkylation sites (tertiary alicyclic amines) is 2. The van der Waals surface area contributed by atoms with E-state index in [1.54, 1.807) is 29.3 Å². The van der Waals surface area contributed by atoms with Crippen LogP contribution in [0.2, 0.25) is 0 Å². The van der Waals surface area contributed by atoms with Crippen LogP contribution in [0.4, 0.5) is 14.9 Å². The van der Waals surface area contributed by atoms with Gasteiger partial charge in [-0.25, -0.2) is 13.9 Å². The summed E-state index contributed by atoms with van der Waals surface area (Å²) in [6.45, 7) is 1.68. The third-order valence-corrected chi connectivity index (χ3v) is 5.81. The second-order valence-corrected chi connectivity index (χ2v) is 7.96. The summed E-state index contributed by atoms with van der Waals surface area (Å²) in [4.78, 5) is 28.6. The van der Waals surface area contributed by atoms with Crippen molar-refractivity contribution in [2.45, 2.75) is 38.0 Å². The number of aromatic nitrogens is 3. The zero-order chi connectivity index (χ0) is 22.7. The average molecular weight is 446 g/mol. The minimum atomic E-state index is -1.13. The Morgan fingerprint density at radius 3 is 2.66 bits per heavy atom. The normalized spacial score (nSPS) is 20.5. The monoisotopic (exact) mass is 446 g/mol. The van der Waals surface area contributed by atoms with Gasteiger partial charge in [-0.1, -0.05) is 5.21 Å². The maximum atomic E-state index is 14.2. The molecule has 2 saturated heterocycles. The Bertz CT molecular complexity index is 977. The zero-order valence-electron chi connectivity index (χ0n) is 18.2. The molecule has 11 heteroatoms. The van der Waals surface area contributed by atoms with Crippen LogP contribution in [0.1, 0.15) is 29.8 Å². The van der Waals surface area contributed by atoms with E-state index in [4.69, 9.17) is 9.47 Å². The number of carbonyl (C=O) groups excluding carboxylic acids is 2. The van der Waals surface area contributed by atoms with E-state index in [1.165, 1.54) is 23.8 Å². The van der Waals surface area contributed by atoms with Crippen molar-refractivity contribution in [3.05, 3.63) is 30.1 Å². The molecule has 2 fully saturated rings. The lowest BCUT2D eigenvalue weighted by Crippen LogP contribution is -2.41. The summed E-state index contributed by atoms with van der Waals surface area (Å²) in [7, 11) is 3.04. The molecule has 3 heterocycles. The Balaban J connectivity index is 1.42. The van der Waals surface area contributed by atoms with Crippen molar-refractivity contribution in [3.63, 3.8) is 0 Å². The molecule has 2 aliphatic heterocycles. The van der Waals surface area contributed by atoms with Gasteiger partial charge in [0.15, 0.2) is 17.2 Å². The van der Waals surface area contributed by atoms with E-state index >= 15 is 0 Å². The SMILES string of the molecule is COc1ccc(NC(=O)N2C[C@@H](F)C[C@H]2Cn2cc(C(=O)N3CCCC3)nn2)cc1OC. The molecular formula is C21H27FN6O4. The molecule has 0 unspecified atom stereocenters. The van der Waals surface area contributed by atoms with Crippen LogP contribution in [0.15, 0.2) is 24.4 Å². The second-order valence-electron chi connectivity index (χ2n) is 7.96. The van der Waals surface area contributed by atoms with E-state index in [2.05, 4.69) is 15.6 Å². The molecule has 4 rings (SSSR count). The average Bonchev–Trinajstić information content (AvgIpc) is 3.55. The van der Waals surface area contributed by atoms with Gasteiger partial charge in [0.25, 0.3) is 5.91 Å². The molecule has 2 aromatic rings. The van der Waals surface area contributed by atoms with Gasteiger partial charge < -0.3 is 24.6 Å². The Kier molecular flexibility index (Phi) is 6.42. The number of urea groups is 1. The van der Waals surface area contributed by atoms with Gasteiger partial charge in [-0.05, 0) is 25.0 Å². The van der Waals surface area contributed by atoms with Crippen LogP contribution >= 0.6 is 0 Å². The molecule has 10 nitrogen and oxygen atoms in total. The van der Waals surface area contributed by atoms with Crippen molar-refractivity contribution in [1.82, 2.24) is 24.8 Å². The molecule has 0 saturated carbocycles. The van der Waals surface area contributed by atoms with Crippen molar-refractivity contribution < 1.29 is 23.5 Å². The Morgan fingerprint density at radius 1 is 1.19 bits per heavy atom. The molecule has 1 N–H and O–H groups in total. The molecule has 172 valence electrons. The first-order valence-corrected chi connectivity index (χ1v) is 10.6. The molecule has 2 atom stereocenters. The van der Waals surface area contributed by atoms with Crippen molar-refractivity contribution in [3.8, 4) is 11.5 Å². The van der Waals surface area contributed by atoms with Gasteiger partial charge in [0.1, 0.15) is 6.17 Å². The summed E-state index contributed by atoms with van der Waals surface area (Å²) in [5, 5.41) is 10.8. The first-order valence-electron chi connectivity index (χ1n) is 10.6. The predicted octanol–water partition coefficient (Wildman–Crippen LogP) is 2.18. The van der Waals surface area contributed by atoms with Crippen molar-refractivity contribution in [2.75, 3.05) is 39.2 Å². The van der Waals surface area contributed by atoms with Crippen LogP contribution in [0.25, 0.3) is 0 Å². The number of nitrogens with one attached hydrogen (secondary N) is 1. The fourth-order valence-electron chi connectivity index (χ4n) is 4.17. The smallest absolute Gasteiger partial charge is 0.322 e. The first kappa shape index (κ1) is 21.8. The highest BCUT2D eigenvalue weighted by molar-refractivity contribution is 5.92. The number of hydrogen-bond acceptors (Lipinski definition) is 6. The quantitative estimate of drug-likeness (QED) is 0.730. The summed E-state index contributed by atoms with van der Waals surface area (Å²) >= 11 is 0. The van der Waals surface area contributed by atoms with Crippen molar-refractivity contribution in [1.29, 1.82) is 0 Å². The fourth-order valence-corrected chi connectivity index (χ4v) is 4.17. The zero-order valence-corrected chi connectivity index (χ0v) is 18.2. The molecule has 0 aliphatic carbocycles. The molecule has 32 heavy (non-hydrogen) atoms. The van der Waals surface area contributed by atoms with E-state index in [0.717, 1.165) is 25.9 Å². The third kappa shape index (κ3) is 4.61. The number of nitrogens with zero attached hydrogens (tertiary/aromatic N) is 5. The van der Waals surface area contributed by atoms with E-state index < -0.39 is 18.2 Å². The first-order chi connectivity index (χ1) is 15.5. The maximum absolute atomic E-state index is 14.2. The molecule has 2 aliphatic rings. The van der Waals surface area contributed by atoms with E-state index in [9.17, 15) is 14.0 Å². The van der Waals surface area contributed by atoms with Gasteiger partial charge in [-0.15, -0.1) is 5.10 Å². The van der Waals surface area contributed by atoms with Crippen molar-refractivity contribution in [2.24, 2.45) is 0 Å². The lowest BCUT2D eigenvalue weighted by Gasteiger charge is -2.24. The highest BCUT2D eigenvalue weighted by atomic mass is 19.1. The number of anilines is 1. The van der Waals surface area contributed by atoms with Gasteiger partial charge >= 0.3 is 6.03 Å². The fraction of sp³-hybridized carbons (Fsp3) is 0.524. The predicted molar refractivity (Wildman–Crippen MR) is 114 cm³/mol. The molecule has 3 amide bonds. The minimum Gasteiger partial charge on any atom is -0.493 e. The minimum absolute atomic E-state index is 0.0158. The summed E-state index contributed by atoms with van der Waals surface area (Å²) in [5.74, 6) is 0.870. The Labute approximate surface area is 185 Å². The Morgan fingerprint density at radius 2 is 1.94 bits per heavy atom. The number of halogens is 1. The molecule has 0 bridgehead atoms. The van der Waals surface area contributed by atoms with Gasteiger partial charge in [0.05, 0.1) is 39.5 Å². The van der Waals surface area contributed by atoms with Crippen LogP contribution in [-0.4, -0.2) is 82.8 Å². The standard InChI is InChI=1S/C21H27FN6O4/c1-31-18-6-5-15(10-19(18)32-2)23-21(30)28-11-14(22)9-16(28)12-27-13-17(24-25-27)20(29)26-7-3-4-8-26/h5-6,10,13-14,16H,3-4,7-9,11-12H2,1-2H3,(H,23,30)/t14-,16-/m0/s1. The Hall–Kier alpha value is -3.37. The number of rotatable bonds is 6. The largest absolute Gasteiger partial charge is 0.493 e. The number of carbonyl (C=O) groups is 2. The summed E-state index contributed by atoms with van der Waals surface area (Å²) < 4.78 is 26.2. The molecular weight excluding hydrogens is 419 g/mol. The number of ether oxygens (including phenoxy) is 2. The number of alkyl halides is 1. The number of hydrogen-bond donors (Lipinski definition) is 1. The topological polar surface area (TPSA) is 102 Å². The highest BCUT2D eigenvalue weighted by Crippen LogP contribution is 2.30.